The number of halogens is 3. The van der Waals surface area contributed by atoms with E-state index in [2.05, 4.69) is 10.1 Å². The summed E-state index contributed by atoms with van der Waals surface area (Å²) in [4.78, 5) is 4.19. The highest BCUT2D eigenvalue weighted by molar-refractivity contribution is 5.69. The summed E-state index contributed by atoms with van der Waals surface area (Å²) in [6.45, 7) is 1.94. The average molecular weight is 292 g/mol. The van der Waals surface area contributed by atoms with Crippen molar-refractivity contribution in [3.8, 4) is 11.4 Å². The van der Waals surface area contributed by atoms with Crippen LogP contribution in [0.5, 0.6) is 0 Å². The molecule has 2 aromatic heterocycles. The largest absolute Gasteiger partial charge is 0.417 e. The predicted octanol–water partition coefficient (Wildman–Crippen LogP) is 3.31. The van der Waals surface area contributed by atoms with Crippen LogP contribution >= 0.6 is 0 Å². The molecule has 0 saturated heterocycles. The number of fused-ring (bicyclic) bond motifs is 1. The highest BCUT2D eigenvalue weighted by atomic mass is 19.4. The molecule has 0 aliphatic carbocycles. The fourth-order valence-electron chi connectivity index (χ4n) is 1.99. The SMILES string of the molecule is Cc1ccc(-c2nc3c(N)cc(C(F)(F)F)cn3n2)cc1. The molecule has 7 heteroatoms. The summed E-state index contributed by atoms with van der Waals surface area (Å²) in [5, 5.41) is 4.07. The minimum atomic E-state index is -4.47. The van der Waals surface area contributed by atoms with Gasteiger partial charge in [-0.15, -0.1) is 5.10 Å². The Bertz CT molecular complexity index is 803. The first-order valence-corrected chi connectivity index (χ1v) is 6.15. The molecule has 1 aromatic carbocycles. The summed E-state index contributed by atoms with van der Waals surface area (Å²) in [5.74, 6) is 0.334. The molecule has 0 spiro atoms. The van der Waals surface area contributed by atoms with Gasteiger partial charge in [0, 0.05) is 11.8 Å². The maximum atomic E-state index is 12.8. The Kier molecular flexibility index (Phi) is 2.86. The Morgan fingerprint density at radius 2 is 1.81 bits per heavy atom. The van der Waals surface area contributed by atoms with Gasteiger partial charge in [-0.05, 0) is 13.0 Å². The van der Waals surface area contributed by atoms with Crippen molar-refractivity contribution >= 4 is 11.3 Å². The van der Waals surface area contributed by atoms with Gasteiger partial charge in [-0.1, -0.05) is 29.8 Å². The molecule has 3 rings (SSSR count). The van der Waals surface area contributed by atoms with Crippen LogP contribution in [0.4, 0.5) is 18.9 Å². The molecule has 108 valence electrons. The molecule has 3 aromatic rings. The number of hydrogen-bond donors (Lipinski definition) is 1. The van der Waals surface area contributed by atoms with E-state index in [1.54, 1.807) is 0 Å². The van der Waals surface area contributed by atoms with Crippen molar-refractivity contribution in [2.24, 2.45) is 0 Å². The van der Waals surface area contributed by atoms with E-state index in [0.29, 0.717) is 5.82 Å². The Balaban J connectivity index is 2.16. The third-order valence-corrected chi connectivity index (χ3v) is 3.10. The highest BCUT2D eigenvalue weighted by Gasteiger charge is 2.32. The van der Waals surface area contributed by atoms with Gasteiger partial charge in [0.05, 0.1) is 11.3 Å². The van der Waals surface area contributed by atoms with Crippen molar-refractivity contribution in [1.82, 2.24) is 14.6 Å². The molecular formula is C14H11F3N4. The van der Waals surface area contributed by atoms with Crippen molar-refractivity contribution in [2.45, 2.75) is 13.1 Å². The second-order valence-electron chi connectivity index (χ2n) is 4.75. The van der Waals surface area contributed by atoms with Gasteiger partial charge in [0.15, 0.2) is 11.5 Å². The average Bonchev–Trinajstić information content (AvgIpc) is 2.83. The zero-order valence-corrected chi connectivity index (χ0v) is 11.0. The Hall–Kier alpha value is -2.57. The van der Waals surface area contributed by atoms with Crippen LogP contribution in [0.1, 0.15) is 11.1 Å². The van der Waals surface area contributed by atoms with E-state index < -0.39 is 11.7 Å². The molecule has 0 aliphatic heterocycles. The number of nitrogens with zero attached hydrogens (tertiary/aromatic N) is 3. The number of pyridine rings is 1. The van der Waals surface area contributed by atoms with E-state index in [9.17, 15) is 13.2 Å². The molecule has 0 bridgehead atoms. The molecule has 0 fully saturated rings. The van der Waals surface area contributed by atoms with Gasteiger partial charge < -0.3 is 5.73 Å². The fourth-order valence-corrected chi connectivity index (χ4v) is 1.99. The molecule has 0 atom stereocenters. The standard InChI is InChI=1S/C14H11F3N4/c1-8-2-4-9(5-3-8)12-19-13-11(18)6-10(14(15,16)17)7-21(13)20-12/h2-7H,18H2,1H3. The van der Waals surface area contributed by atoms with E-state index in [1.165, 1.54) is 0 Å². The zero-order chi connectivity index (χ0) is 15.2. The van der Waals surface area contributed by atoms with Crippen molar-refractivity contribution in [3.63, 3.8) is 0 Å². The number of rotatable bonds is 1. The third-order valence-electron chi connectivity index (χ3n) is 3.10. The quantitative estimate of drug-likeness (QED) is 0.748. The predicted molar refractivity (Wildman–Crippen MR) is 72.6 cm³/mol. The molecule has 4 nitrogen and oxygen atoms in total. The maximum Gasteiger partial charge on any atom is 0.417 e. The van der Waals surface area contributed by atoms with Gasteiger partial charge in [0.1, 0.15) is 0 Å². The van der Waals surface area contributed by atoms with Gasteiger partial charge in [0.2, 0.25) is 0 Å². The fraction of sp³-hybridized carbons (Fsp3) is 0.143. The van der Waals surface area contributed by atoms with Crippen LogP contribution in [-0.2, 0) is 6.18 Å². The van der Waals surface area contributed by atoms with E-state index >= 15 is 0 Å². The Morgan fingerprint density at radius 3 is 2.43 bits per heavy atom. The van der Waals surface area contributed by atoms with Crippen LogP contribution in [0.3, 0.4) is 0 Å². The lowest BCUT2D eigenvalue weighted by molar-refractivity contribution is -0.137. The van der Waals surface area contributed by atoms with Crippen LogP contribution in [-0.4, -0.2) is 14.6 Å². The number of aromatic nitrogens is 3. The van der Waals surface area contributed by atoms with Crippen molar-refractivity contribution < 1.29 is 13.2 Å². The molecule has 0 aliphatic rings. The molecule has 0 saturated carbocycles. The van der Waals surface area contributed by atoms with Crippen molar-refractivity contribution in [3.05, 3.63) is 47.7 Å². The normalized spacial score (nSPS) is 12.0. The number of hydrogen-bond acceptors (Lipinski definition) is 3. The monoisotopic (exact) mass is 292 g/mol. The minimum Gasteiger partial charge on any atom is -0.396 e. The van der Waals surface area contributed by atoms with Gasteiger partial charge in [0.25, 0.3) is 0 Å². The molecule has 0 amide bonds. The summed E-state index contributed by atoms with van der Waals surface area (Å²) in [5.41, 5.74) is 6.73. The van der Waals surface area contributed by atoms with Crippen LogP contribution in [0, 0.1) is 6.92 Å². The molecule has 0 unspecified atom stereocenters. The number of benzene rings is 1. The van der Waals surface area contributed by atoms with Gasteiger partial charge in [-0.25, -0.2) is 9.50 Å². The number of nitrogen functional groups attached to an aromatic ring is 1. The first-order valence-electron chi connectivity index (χ1n) is 6.15. The van der Waals surface area contributed by atoms with E-state index in [-0.39, 0.29) is 11.3 Å². The highest BCUT2D eigenvalue weighted by Crippen LogP contribution is 2.31. The maximum absolute atomic E-state index is 12.8. The number of aryl methyl sites for hydroxylation is 1. The topological polar surface area (TPSA) is 56.2 Å². The lowest BCUT2D eigenvalue weighted by atomic mass is 10.1. The first kappa shape index (κ1) is 13.4. The van der Waals surface area contributed by atoms with Crippen LogP contribution in [0.15, 0.2) is 36.5 Å². The van der Waals surface area contributed by atoms with Crippen LogP contribution in [0.2, 0.25) is 0 Å². The number of alkyl halides is 3. The van der Waals surface area contributed by atoms with Crippen LogP contribution in [0.25, 0.3) is 17.0 Å². The number of anilines is 1. The number of nitrogens with two attached hydrogens (primary N) is 1. The Morgan fingerprint density at radius 1 is 1.14 bits per heavy atom. The zero-order valence-electron chi connectivity index (χ0n) is 11.0. The second-order valence-corrected chi connectivity index (χ2v) is 4.75. The van der Waals surface area contributed by atoms with E-state index in [1.807, 2.05) is 31.2 Å². The molecule has 2 heterocycles. The minimum absolute atomic E-state index is 0.0595. The van der Waals surface area contributed by atoms with E-state index in [4.69, 9.17) is 5.73 Å². The lowest BCUT2D eigenvalue weighted by Crippen LogP contribution is -2.08. The van der Waals surface area contributed by atoms with Gasteiger partial charge in [-0.3, -0.25) is 0 Å². The summed E-state index contributed by atoms with van der Waals surface area (Å²) in [6, 6.07) is 8.25. The summed E-state index contributed by atoms with van der Waals surface area (Å²) in [7, 11) is 0. The molecular weight excluding hydrogens is 281 g/mol. The third kappa shape index (κ3) is 2.42. The first-order chi connectivity index (χ1) is 9.84. The van der Waals surface area contributed by atoms with Crippen molar-refractivity contribution in [1.29, 1.82) is 0 Å². The molecule has 2 N–H and O–H groups in total. The van der Waals surface area contributed by atoms with E-state index in [0.717, 1.165) is 27.9 Å². The second kappa shape index (κ2) is 4.47. The molecule has 0 radical (unpaired) electrons. The summed E-state index contributed by atoms with van der Waals surface area (Å²) < 4.78 is 39.3. The van der Waals surface area contributed by atoms with Gasteiger partial charge in [-0.2, -0.15) is 13.2 Å². The van der Waals surface area contributed by atoms with Crippen molar-refractivity contribution in [2.75, 3.05) is 5.73 Å². The Labute approximate surface area is 118 Å². The van der Waals surface area contributed by atoms with Gasteiger partial charge >= 0.3 is 6.18 Å². The lowest BCUT2D eigenvalue weighted by Gasteiger charge is -2.07. The van der Waals surface area contributed by atoms with Crippen LogP contribution < -0.4 is 5.73 Å². The summed E-state index contributed by atoms with van der Waals surface area (Å²) >= 11 is 0. The smallest absolute Gasteiger partial charge is 0.396 e. The summed E-state index contributed by atoms with van der Waals surface area (Å²) in [6.07, 6.45) is -3.59. The molecule has 21 heavy (non-hydrogen) atoms.